The molecule has 1 unspecified atom stereocenters. The van der Waals surface area contributed by atoms with Gasteiger partial charge in [0.25, 0.3) is 0 Å². The largest absolute Gasteiger partial charge is 0.496 e. The second kappa shape index (κ2) is 6.39. The summed E-state index contributed by atoms with van der Waals surface area (Å²) in [5.41, 5.74) is 9.92. The minimum Gasteiger partial charge on any atom is -0.496 e. The van der Waals surface area contributed by atoms with E-state index in [-0.39, 0.29) is 6.04 Å². The number of nitrogens with two attached hydrogens (primary N) is 1. The van der Waals surface area contributed by atoms with Crippen molar-refractivity contribution in [3.63, 3.8) is 0 Å². The average Bonchev–Trinajstić information content (AvgIpc) is 2.45. The molecule has 0 saturated heterocycles. The van der Waals surface area contributed by atoms with Gasteiger partial charge in [0.2, 0.25) is 0 Å². The molecule has 0 fully saturated rings. The fraction of sp³-hybridized carbons (Fsp3) is 0.294. The fourth-order valence-corrected chi connectivity index (χ4v) is 2.20. The Morgan fingerprint density at radius 2 is 1.74 bits per heavy atom. The third kappa shape index (κ3) is 3.58. The molecule has 2 nitrogen and oxygen atoms in total. The molecule has 2 aromatic rings. The standard InChI is InChI=1S/C17H21NO/c1-13-7-9-14(10-8-13)16(18)12-11-15-5-3-4-6-17(15)19-2/h3-10,16H,11-12,18H2,1-2H3. The predicted octanol–water partition coefficient (Wildman–Crippen LogP) is 3.64. The first-order valence-electron chi connectivity index (χ1n) is 6.64. The molecule has 0 bridgehead atoms. The van der Waals surface area contributed by atoms with Crippen LogP contribution in [0.15, 0.2) is 48.5 Å². The quantitative estimate of drug-likeness (QED) is 0.885. The highest BCUT2D eigenvalue weighted by Crippen LogP contribution is 2.22. The fourth-order valence-electron chi connectivity index (χ4n) is 2.20. The zero-order valence-corrected chi connectivity index (χ0v) is 11.6. The van der Waals surface area contributed by atoms with Gasteiger partial charge in [-0.25, -0.2) is 0 Å². The van der Waals surface area contributed by atoms with E-state index in [2.05, 4.69) is 37.3 Å². The average molecular weight is 255 g/mol. The lowest BCUT2D eigenvalue weighted by molar-refractivity contribution is 0.408. The maximum absolute atomic E-state index is 6.24. The van der Waals surface area contributed by atoms with Crippen LogP contribution in [0.25, 0.3) is 0 Å². The van der Waals surface area contributed by atoms with Crippen LogP contribution in [0.5, 0.6) is 5.75 Å². The normalized spacial score (nSPS) is 12.2. The number of hydrogen-bond acceptors (Lipinski definition) is 2. The van der Waals surface area contributed by atoms with Gasteiger partial charge in [-0.3, -0.25) is 0 Å². The number of hydrogen-bond donors (Lipinski definition) is 1. The summed E-state index contributed by atoms with van der Waals surface area (Å²) in [7, 11) is 1.71. The van der Waals surface area contributed by atoms with E-state index in [1.54, 1.807) is 7.11 Å². The summed E-state index contributed by atoms with van der Waals surface area (Å²) in [6.45, 7) is 2.09. The lowest BCUT2D eigenvalue weighted by Gasteiger charge is -2.14. The van der Waals surface area contributed by atoms with Crippen LogP contribution < -0.4 is 10.5 Å². The third-order valence-electron chi connectivity index (χ3n) is 3.42. The highest BCUT2D eigenvalue weighted by atomic mass is 16.5. The monoisotopic (exact) mass is 255 g/mol. The molecule has 0 spiro atoms. The summed E-state index contributed by atoms with van der Waals surface area (Å²) in [5, 5.41) is 0. The number of ether oxygens (including phenoxy) is 1. The van der Waals surface area contributed by atoms with Crippen LogP contribution in [0.2, 0.25) is 0 Å². The summed E-state index contributed by atoms with van der Waals surface area (Å²) in [6, 6.07) is 16.6. The van der Waals surface area contributed by atoms with Crippen LogP contribution in [0.1, 0.15) is 29.2 Å². The molecule has 0 radical (unpaired) electrons. The second-order valence-electron chi connectivity index (χ2n) is 4.87. The molecule has 0 aromatic heterocycles. The van der Waals surface area contributed by atoms with Gasteiger partial charge in [-0.1, -0.05) is 48.0 Å². The van der Waals surface area contributed by atoms with E-state index in [1.165, 1.54) is 16.7 Å². The van der Waals surface area contributed by atoms with Crippen molar-refractivity contribution in [2.45, 2.75) is 25.8 Å². The van der Waals surface area contributed by atoms with Crippen LogP contribution in [-0.2, 0) is 6.42 Å². The zero-order chi connectivity index (χ0) is 13.7. The van der Waals surface area contributed by atoms with Crippen LogP contribution in [0.3, 0.4) is 0 Å². The van der Waals surface area contributed by atoms with Gasteiger partial charge < -0.3 is 10.5 Å². The molecule has 100 valence electrons. The van der Waals surface area contributed by atoms with Crippen LogP contribution in [0, 0.1) is 6.92 Å². The lowest BCUT2D eigenvalue weighted by Crippen LogP contribution is -2.11. The molecule has 0 amide bonds. The topological polar surface area (TPSA) is 35.2 Å². The van der Waals surface area contributed by atoms with E-state index in [0.29, 0.717) is 0 Å². The van der Waals surface area contributed by atoms with Gasteiger partial charge in [0.1, 0.15) is 5.75 Å². The van der Waals surface area contributed by atoms with Crippen molar-refractivity contribution in [1.29, 1.82) is 0 Å². The van der Waals surface area contributed by atoms with Crippen molar-refractivity contribution in [1.82, 2.24) is 0 Å². The maximum atomic E-state index is 6.24. The van der Waals surface area contributed by atoms with Gasteiger partial charge in [-0.05, 0) is 37.0 Å². The third-order valence-corrected chi connectivity index (χ3v) is 3.42. The molecule has 1 atom stereocenters. The van der Waals surface area contributed by atoms with Gasteiger partial charge in [0, 0.05) is 6.04 Å². The molecule has 0 heterocycles. The van der Waals surface area contributed by atoms with Crippen molar-refractivity contribution in [2.24, 2.45) is 5.73 Å². The van der Waals surface area contributed by atoms with Crippen molar-refractivity contribution in [2.75, 3.05) is 7.11 Å². The summed E-state index contributed by atoms with van der Waals surface area (Å²) in [4.78, 5) is 0. The Hall–Kier alpha value is -1.80. The van der Waals surface area contributed by atoms with E-state index in [9.17, 15) is 0 Å². The second-order valence-corrected chi connectivity index (χ2v) is 4.87. The Balaban J connectivity index is 2.00. The molecule has 0 saturated carbocycles. The molecule has 0 aliphatic rings. The molecule has 2 heteroatoms. The van der Waals surface area contributed by atoms with Crippen LogP contribution in [0.4, 0.5) is 0 Å². The molecule has 2 rings (SSSR count). The van der Waals surface area contributed by atoms with Gasteiger partial charge in [-0.15, -0.1) is 0 Å². The van der Waals surface area contributed by atoms with Crippen molar-refractivity contribution >= 4 is 0 Å². The summed E-state index contributed by atoms with van der Waals surface area (Å²) < 4.78 is 5.36. The minimum atomic E-state index is 0.0745. The molecule has 2 N–H and O–H groups in total. The maximum Gasteiger partial charge on any atom is 0.122 e. The number of benzene rings is 2. The molecule has 0 aliphatic heterocycles. The van der Waals surface area contributed by atoms with Crippen molar-refractivity contribution in [3.8, 4) is 5.75 Å². The Morgan fingerprint density at radius 3 is 2.42 bits per heavy atom. The smallest absolute Gasteiger partial charge is 0.122 e. The highest BCUT2D eigenvalue weighted by Gasteiger charge is 2.08. The summed E-state index contributed by atoms with van der Waals surface area (Å²) >= 11 is 0. The van der Waals surface area contributed by atoms with Gasteiger partial charge in [0.15, 0.2) is 0 Å². The number of para-hydroxylation sites is 1. The molecular weight excluding hydrogens is 234 g/mol. The van der Waals surface area contributed by atoms with E-state index in [1.807, 2.05) is 18.2 Å². The summed E-state index contributed by atoms with van der Waals surface area (Å²) in [6.07, 6.45) is 1.85. The predicted molar refractivity (Wildman–Crippen MR) is 79.4 cm³/mol. The van der Waals surface area contributed by atoms with Crippen molar-refractivity contribution < 1.29 is 4.74 Å². The Kier molecular flexibility index (Phi) is 4.58. The molecular formula is C17H21NO. The van der Waals surface area contributed by atoms with E-state index in [4.69, 9.17) is 10.5 Å². The first kappa shape index (κ1) is 13.6. The van der Waals surface area contributed by atoms with Gasteiger partial charge >= 0.3 is 0 Å². The zero-order valence-electron chi connectivity index (χ0n) is 11.6. The van der Waals surface area contributed by atoms with E-state index < -0.39 is 0 Å². The first-order valence-corrected chi connectivity index (χ1v) is 6.64. The van der Waals surface area contributed by atoms with E-state index >= 15 is 0 Å². The van der Waals surface area contributed by atoms with Gasteiger partial charge in [0.05, 0.1) is 7.11 Å². The SMILES string of the molecule is COc1ccccc1CCC(N)c1ccc(C)cc1. The molecule has 2 aromatic carbocycles. The van der Waals surface area contributed by atoms with Crippen LogP contribution >= 0.6 is 0 Å². The minimum absolute atomic E-state index is 0.0745. The number of methoxy groups -OCH3 is 1. The van der Waals surface area contributed by atoms with Gasteiger partial charge in [-0.2, -0.15) is 0 Å². The van der Waals surface area contributed by atoms with Crippen LogP contribution in [-0.4, -0.2) is 7.11 Å². The molecule has 19 heavy (non-hydrogen) atoms. The Morgan fingerprint density at radius 1 is 1.05 bits per heavy atom. The number of rotatable bonds is 5. The molecule has 0 aliphatic carbocycles. The first-order chi connectivity index (χ1) is 9.20. The van der Waals surface area contributed by atoms with Crippen molar-refractivity contribution in [3.05, 3.63) is 65.2 Å². The lowest BCUT2D eigenvalue weighted by atomic mass is 9.98. The Labute approximate surface area is 115 Å². The van der Waals surface area contributed by atoms with E-state index in [0.717, 1.165) is 18.6 Å². The number of aryl methyl sites for hydroxylation is 2. The Bertz CT molecular complexity index is 519. The summed E-state index contributed by atoms with van der Waals surface area (Å²) in [5.74, 6) is 0.943. The highest BCUT2D eigenvalue weighted by molar-refractivity contribution is 5.33.